The van der Waals surface area contributed by atoms with Crippen molar-refractivity contribution in [3.8, 4) is 0 Å². The van der Waals surface area contributed by atoms with E-state index in [1.54, 1.807) is 0 Å². The Kier molecular flexibility index (Phi) is 2.45. The van der Waals surface area contributed by atoms with E-state index in [0.717, 1.165) is 6.42 Å². The van der Waals surface area contributed by atoms with E-state index in [2.05, 4.69) is 5.32 Å². The summed E-state index contributed by atoms with van der Waals surface area (Å²) in [6.45, 7) is 0.549. The first-order valence-electron chi connectivity index (χ1n) is 3.21. The third-order valence-corrected chi connectivity index (χ3v) is 1.96. The van der Waals surface area contributed by atoms with Gasteiger partial charge < -0.3 is 0 Å². The van der Waals surface area contributed by atoms with Crippen LogP contribution in [0.3, 0.4) is 0 Å². The van der Waals surface area contributed by atoms with Gasteiger partial charge in [-0.05, 0) is 6.42 Å². The van der Waals surface area contributed by atoms with Crippen molar-refractivity contribution in [1.82, 2.24) is 5.32 Å². The predicted octanol–water partition coefficient (Wildman–Crippen LogP) is 0.580. The van der Waals surface area contributed by atoms with E-state index in [4.69, 9.17) is 11.6 Å². The van der Waals surface area contributed by atoms with Crippen LogP contribution in [0.15, 0.2) is 0 Å². The molecular weight excluding hydrogens is 156 g/mol. The third-order valence-electron chi connectivity index (χ3n) is 1.58. The molecule has 0 aromatic carbocycles. The van der Waals surface area contributed by atoms with E-state index in [0.29, 0.717) is 13.0 Å². The summed E-state index contributed by atoms with van der Waals surface area (Å²) in [6.07, 6.45) is 0.705. The minimum atomic E-state index is -0.574. The van der Waals surface area contributed by atoms with E-state index in [1.807, 2.05) is 0 Å². The Morgan fingerprint density at radius 3 is 2.70 bits per heavy atom. The second kappa shape index (κ2) is 3.16. The molecule has 1 aliphatic heterocycles. The summed E-state index contributed by atoms with van der Waals surface area (Å²) in [6, 6.07) is 0. The zero-order valence-electron chi connectivity index (χ0n) is 5.42. The molecule has 0 aromatic rings. The molecule has 0 bridgehead atoms. The average molecular weight is 165 g/mol. The number of hydrogen-bond acceptors (Lipinski definition) is 3. The largest absolute Gasteiger partial charge is 0.266 e. The molecule has 10 heavy (non-hydrogen) atoms. The molecule has 58 valence electrons. The summed E-state index contributed by atoms with van der Waals surface area (Å²) in [5.74, 6) is 0. The SMILES string of the molecule is O=[N+]([O-])C1CCC(Cl)CN1. The minimum Gasteiger partial charge on any atom is -0.263 e. The Labute approximate surface area is 63.7 Å². The zero-order chi connectivity index (χ0) is 7.56. The maximum atomic E-state index is 10.2. The van der Waals surface area contributed by atoms with Crippen molar-refractivity contribution in [3.05, 3.63) is 10.1 Å². The molecule has 2 atom stereocenters. The molecule has 1 aliphatic rings. The summed E-state index contributed by atoms with van der Waals surface area (Å²) in [7, 11) is 0. The van der Waals surface area contributed by atoms with Crippen molar-refractivity contribution in [2.75, 3.05) is 6.54 Å². The van der Waals surface area contributed by atoms with Crippen LogP contribution in [-0.4, -0.2) is 23.0 Å². The van der Waals surface area contributed by atoms with Crippen molar-refractivity contribution >= 4 is 11.6 Å². The number of rotatable bonds is 1. The number of halogens is 1. The van der Waals surface area contributed by atoms with Gasteiger partial charge in [-0.1, -0.05) is 0 Å². The lowest BCUT2D eigenvalue weighted by Crippen LogP contribution is -2.44. The average Bonchev–Trinajstić information content (AvgIpc) is 1.88. The first kappa shape index (κ1) is 7.75. The maximum Gasteiger partial charge on any atom is 0.266 e. The summed E-state index contributed by atoms with van der Waals surface area (Å²) in [4.78, 5) is 9.86. The summed E-state index contributed by atoms with van der Waals surface area (Å²) in [5, 5.41) is 13.0. The second-order valence-corrected chi connectivity index (χ2v) is 3.00. The minimum absolute atomic E-state index is 0.0659. The van der Waals surface area contributed by atoms with E-state index in [9.17, 15) is 10.1 Å². The first-order valence-corrected chi connectivity index (χ1v) is 3.64. The summed E-state index contributed by atoms with van der Waals surface area (Å²) in [5.41, 5.74) is 0. The highest BCUT2D eigenvalue weighted by atomic mass is 35.5. The van der Waals surface area contributed by atoms with Gasteiger partial charge in [0.25, 0.3) is 6.17 Å². The van der Waals surface area contributed by atoms with Crippen molar-refractivity contribution in [2.45, 2.75) is 24.4 Å². The molecule has 4 nitrogen and oxygen atoms in total. The highest BCUT2D eigenvalue weighted by Crippen LogP contribution is 2.12. The molecule has 5 heteroatoms. The molecule has 0 amide bonds. The highest BCUT2D eigenvalue weighted by molar-refractivity contribution is 6.20. The van der Waals surface area contributed by atoms with Crippen LogP contribution in [-0.2, 0) is 0 Å². The van der Waals surface area contributed by atoms with Gasteiger partial charge >= 0.3 is 0 Å². The molecule has 1 heterocycles. The summed E-state index contributed by atoms with van der Waals surface area (Å²) >= 11 is 5.70. The molecule has 1 fully saturated rings. The molecule has 1 saturated heterocycles. The third kappa shape index (κ3) is 1.82. The standard InChI is InChI=1S/C5H9ClN2O2/c6-4-1-2-5(7-3-4)8(9)10/h4-5,7H,1-3H2. The van der Waals surface area contributed by atoms with Gasteiger partial charge in [0.15, 0.2) is 0 Å². The lowest BCUT2D eigenvalue weighted by atomic mass is 10.1. The van der Waals surface area contributed by atoms with Crippen LogP contribution in [0.5, 0.6) is 0 Å². The van der Waals surface area contributed by atoms with Gasteiger partial charge in [-0.15, -0.1) is 11.6 Å². The number of alkyl halides is 1. The lowest BCUT2D eigenvalue weighted by Gasteiger charge is -2.19. The highest BCUT2D eigenvalue weighted by Gasteiger charge is 2.25. The Hall–Kier alpha value is -0.350. The van der Waals surface area contributed by atoms with Crippen molar-refractivity contribution in [1.29, 1.82) is 0 Å². The van der Waals surface area contributed by atoms with Crippen molar-refractivity contribution < 1.29 is 4.92 Å². The van der Waals surface area contributed by atoms with Crippen LogP contribution in [0.1, 0.15) is 12.8 Å². The number of hydrogen-bond donors (Lipinski definition) is 1. The fraction of sp³-hybridized carbons (Fsp3) is 1.00. The fourth-order valence-corrected chi connectivity index (χ4v) is 1.20. The number of nitrogens with zero attached hydrogens (tertiary/aromatic N) is 1. The Bertz CT molecular complexity index is 134. The number of nitro groups is 1. The smallest absolute Gasteiger partial charge is 0.263 e. The summed E-state index contributed by atoms with van der Waals surface area (Å²) < 4.78 is 0. The topological polar surface area (TPSA) is 55.2 Å². The molecule has 0 aromatic heterocycles. The quantitative estimate of drug-likeness (QED) is 0.351. The van der Waals surface area contributed by atoms with Crippen LogP contribution in [0.4, 0.5) is 0 Å². The predicted molar refractivity (Wildman–Crippen MR) is 37.7 cm³/mol. The molecule has 0 aliphatic carbocycles. The van der Waals surface area contributed by atoms with E-state index >= 15 is 0 Å². The van der Waals surface area contributed by atoms with Crippen molar-refractivity contribution in [3.63, 3.8) is 0 Å². The van der Waals surface area contributed by atoms with Gasteiger partial charge in [-0.2, -0.15) is 0 Å². The maximum absolute atomic E-state index is 10.2. The van der Waals surface area contributed by atoms with Crippen LogP contribution in [0.25, 0.3) is 0 Å². The van der Waals surface area contributed by atoms with Gasteiger partial charge in [0.2, 0.25) is 0 Å². The van der Waals surface area contributed by atoms with Crippen LogP contribution >= 0.6 is 11.6 Å². The molecule has 1 rings (SSSR count). The van der Waals surface area contributed by atoms with Gasteiger partial charge in [-0.3, -0.25) is 15.4 Å². The van der Waals surface area contributed by atoms with Crippen LogP contribution < -0.4 is 5.32 Å². The molecule has 0 radical (unpaired) electrons. The molecule has 2 unspecified atom stereocenters. The van der Waals surface area contributed by atoms with Crippen molar-refractivity contribution in [2.24, 2.45) is 0 Å². The first-order chi connectivity index (χ1) is 4.70. The molecule has 0 spiro atoms. The Balaban J connectivity index is 2.33. The second-order valence-electron chi connectivity index (χ2n) is 2.38. The van der Waals surface area contributed by atoms with Crippen LogP contribution in [0, 0.1) is 10.1 Å². The van der Waals surface area contributed by atoms with E-state index < -0.39 is 6.17 Å². The van der Waals surface area contributed by atoms with Gasteiger partial charge in [0.1, 0.15) is 0 Å². The molecule has 1 N–H and O–H groups in total. The van der Waals surface area contributed by atoms with Gasteiger partial charge in [0.05, 0.1) is 0 Å². The number of nitrogens with one attached hydrogen (secondary N) is 1. The Morgan fingerprint density at radius 1 is 1.60 bits per heavy atom. The number of piperidine rings is 1. The molecular formula is C5H9ClN2O2. The fourth-order valence-electron chi connectivity index (χ4n) is 0.987. The Morgan fingerprint density at radius 2 is 2.30 bits per heavy atom. The van der Waals surface area contributed by atoms with E-state index in [-0.39, 0.29) is 10.3 Å². The van der Waals surface area contributed by atoms with Crippen LogP contribution in [0.2, 0.25) is 0 Å². The van der Waals surface area contributed by atoms with Gasteiger partial charge in [0, 0.05) is 23.3 Å². The van der Waals surface area contributed by atoms with E-state index in [1.165, 1.54) is 0 Å². The normalized spacial score (nSPS) is 33.7. The van der Waals surface area contributed by atoms with Gasteiger partial charge in [-0.25, -0.2) is 0 Å². The molecule has 0 saturated carbocycles. The zero-order valence-corrected chi connectivity index (χ0v) is 6.17. The lowest BCUT2D eigenvalue weighted by molar-refractivity contribution is -0.532. The monoisotopic (exact) mass is 164 g/mol.